The molecule has 0 unspecified atom stereocenters. The zero-order valence-corrected chi connectivity index (χ0v) is 14.3. The van der Waals surface area contributed by atoms with Crippen LogP contribution in [0.25, 0.3) is 5.69 Å². The molecular weight excluding hydrogens is 342 g/mol. The minimum absolute atomic E-state index is 0. The van der Waals surface area contributed by atoms with Crippen molar-refractivity contribution in [2.75, 3.05) is 7.11 Å². The smallest absolute Gasteiger partial charge is 0.167 e. The molecule has 0 N–H and O–H groups in total. The molecule has 124 valence electrons. The minimum atomic E-state index is -0.393. The van der Waals surface area contributed by atoms with Crippen LogP contribution in [0.2, 0.25) is 0 Å². The Hall–Kier alpha value is -2.05. The Bertz CT molecular complexity index is 772. The largest absolute Gasteiger partial charge is 0.494 e. The van der Waals surface area contributed by atoms with E-state index in [1.807, 2.05) is 23.9 Å². The summed E-state index contributed by atoms with van der Waals surface area (Å²) in [5.74, 6) is 0.767. The number of halogens is 3. The highest BCUT2D eigenvalue weighted by atomic mass is 35.5. The van der Waals surface area contributed by atoms with E-state index in [9.17, 15) is 4.39 Å². The Morgan fingerprint density at radius 2 is 2.00 bits per heavy atom. The normalized spacial score (nSPS) is 9.87. The van der Waals surface area contributed by atoms with Gasteiger partial charge in [-0.1, -0.05) is 0 Å². The van der Waals surface area contributed by atoms with E-state index >= 15 is 0 Å². The third kappa shape index (κ3) is 4.03. The van der Waals surface area contributed by atoms with Crippen molar-refractivity contribution < 1.29 is 9.13 Å². The van der Waals surface area contributed by atoms with Crippen LogP contribution in [0.5, 0.6) is 5.75 Å². The zero-order chi connectivity index (χ0) is 14.8. The maximum atomic E-state index is 13.7. The summed E-state index contributed by atoms with van der Waals surface area (Å²) in [6.45, 7) is 2.58. The van der Waals surface area contributed by atoms with Gasteiger partial charge in [-0.3, -0.25) is 0 Å². The fourth-order valence-corrected chi connectivity index (χ4v) is 2.15. The molecule has 0 spiro atoms. The molecule has 0 saturated carbocycles. The average molecular weight is 359 g/mol. The molecule has 1 aromatic carbocycles. The summed E-state index contributed by atoms with van der Waals surface area (Å²) in [6.07, 6.45) is 7.20. The molecule has 0 amide bonds. The van der Waals surface area contributed by atoms with E-state index in [-0.39, 0.29) is 30.6 Å². The fraction of sp³-hybridized carbons (Fsp3) is 0.200. The van der Waals surface area contributed by atoms with Gasteiger partial charge in [0.15, 0.2) is 11.6 Å². The lowest BCUT2D eigenvalue weighted by Crippen LogP contribution is -2.01. The first-order chi connectivity index (χ1) is 10.2. The van der Waals surface area contributed by atoms with E-state index in [1.165, 1.54) is 13.2 Å². The van der Waals surface area contributed by atoms with Gasteiger partial charge in [0.1, 0.15) is 5.82 Å². The zero-order valence-electron chi connectivity index (χ0n) is 12.6. The number of nitrogens with zero attached hydrogens (tertiary/aromatic N) is 4. The second kappa shape index (κ2) is 7.99. The van der Waals surface area contributed by atoms with E-state index in [4.69, 9.17) is 4.74 Å². The van der Waals surface area contributed by atoms with Crippen LogP contribution in [0.3, 0.4) is 0 Å². The number of imidazole rings is 2. The summed E-state index contributed by atoms with van der Waals surface area (Å²) in [5, 5.41) is 0. The molecule has 2 aromatic heterocycles. The Labute approximate surface area is 146 Å². The molecule has 3 rings (SSSR count). The van der Waals surface area contributed by atoms with Gasteiger partial charge in [-0.05, 0) is 19.1 Å². The van der Waals surface area contributed by atoms with Crippen LogP contribution in [0, 0.1) is 12.7 Å². The topological polar surface area (TPSA) is 44.9 Å². The lowest BCUT2D eigenvalue weighted by atomic mass is 10.3. The Kier molecular flexibility index (Phi) is 6.60. The molecule has 0 fully saturated rings. The van der Waals surface area contributed by atoms with Crippen LogP contribution in [0.15, 0.2) is 43.1 Å². The van der Waals surface area contributed by atoms with Crippen LogP contribution in [0.4, 0.5) is 4.39 Å². The van der Waals surface area contributed by atoms with Crippen molar-refractivity contribution in [2.45, 2.75) is 13.5 Å². The van der Waals surface area contributed by atoms with Gasteiger partial charge in [0.2, 0.25) is 0 Å². The first kappa shape index (κ1) is 19.0. The van der Waals surface area contributed by atoms with Gasteiger partial charge in [0, 0.05) is 30.3 Å². The van der Waals surface area contributed by atoms with Gasteiger partial charge < -0.3 is 13.9 Å². The molecule has 0 radical (unpaired) electrons. The van der Waals surface area contributed by atoms with Crippen molar-refractivity contribution in [1.82, 2.24) is 19.1 Å². The lowest BCUT2D eigenvalue weighted by Gasteiger charge is -2.05. The highest BCUT2D eigenvalue weighted by Crippen LogP contribution is 2.20. The summed E-state index contributed by atoms with van der Waals surface area (Å²) in [5.41, 5.74) is 1.58. The van der Waals surface area contributed by atoms with Crippen molar-refractivity contribution in [3.05, 3.63) is 60.5 Å². The molecule has 3 aromatic rings. The Morgan fingerprint density at radius 1 is 1.22 bits per heavy atom. The van der Waals surface area contributed by atoms with Gasteiger partial charge in [-0.25, -0.2) is 14.4 Å². The van der Waals surface area contributed by atoms with Crippen molar-refractivity contribution in [2.24, 2.45) is 0 Å². The Morgan fingerprint density at radius 3 is 2.61 bits per heavy atom. The van der Waals surface area contributed by atoms with Gasteiger partial charge in [0.25, 0.3) is 0 Å². The van der Waals surface area contributed by atoms with E-state index < -0.39 is 5.82 Å². The monoisotopic (exact) mass is 358 g/mol. The minimum Gasteiger partial charge on any atom is -0.494 e. The van der Waals surface area contributed by atoms with Gasteiger partial charge in [0.05, 0.1) is 25.7 Å². The van der Waals surface area contributed by atoms with E-state index in [1.54, 1.807) is 29.2 Å². The van der Waals surface area contributed by atoms with Crippen LogP contribution in [-0.2, 0) is 6.54 Å². The third-order valence-corrected chi connectivity index (χ3v) is 3.33. The average Bonchev–Trinajstić information content (AvgIpc) is 3.09. The summed E-state index contributed by atoms with van der Waals surface area (Å²) >= 11 is 0. The lowest BCUT2D eigenvalue weighted by molar-refractivity contribution is 0.386. The highest BCUT2D eigenvalue weighted by molar-refractivity contribution is 5.85. The quantitative estimate of drug-likeness (QED) is 0.717. The molecule has 0 aliphatic heterocycles. The summed E-state index contributed by atoms with van der Waals surface area (Å²) in [7, 11) is 1.45. The van der Waals surface area contributed by atoms with E-state index in [0.717, 1.165) is 11.5 Å². The first-order valence-corrected chi connectivity index (χ1v) is 6.52. The van der Waals surface area contributed by atoms with Crippen LogP contribution in [0.1, 0.15) is 11.5 Å². The molecule has 8 heteroatoms. The predicted molar refractivity (Wildman–Crippen MR) is 90.6 cm³/mol. The van der Waals surface area contributed by atoms with Crippen molar-refractivity contribution >= 4 is 24.8 Å². The number of hydrogen-bond donors (Lipinski definition) is 0. The highest BCUT2D eigenvalue weighted by Gasteiger charge is 2.07. The maximum Gasteiger partial charge on any atom is 0.167 e. The van der Waals surface area contributed by atoms with Gasteiger partial charge in [-0.15, -0.1) is 24.8 Å². The Balaban J connectivity index is 0.00000132. The maximum absolute atomic E-state index is 13.7. The number of aryl methyl sites for hydroxylation is 1. The van der Waals surface area contributed by atoms with Crippen LogP contribution < -0.4 is 4.74 Å². The molecular formula is C15H17Cl2FN4O. The first-order valence-electron chi connectivity index (χ1n) is 6.52. The molecule has 0 aliphatic rings. The molecule has 0 aliphatic carbocycles. The van der Waals surface area contributed by atoms with E-state index in [2.05, 4.69) is 9.97 Å². The van der Waals surface area contributed by atoms with Crippen LogP contribution >= 0.6 is 24.8 Å². The molecule has 2 heterocycles. The number of aromatic nitrogens is 4. The summed E-state index contributed by atoms with van der Waals surface area (Å²) in [6, 6.07) is 4.81. The van der Waals surface area contributed by atoms with E-state index in [0.29, 0.717) is 12.2 Å². The number of methoxy groups -OCH3 is 1. The summed E-state index contributed by atoms with van der Waals surface area (Å²) < 4.78 is 22.4. The van der Waals surface area contributed by atoms with Crippen LogP contribution in [-0.4, -0.2) is 26.2 Å². The number of rotatable bonds is 4. The van der Waals surface area contributed by atoms with Gasteiger partial charge >= 0.3 is 0 Å². The predicted octanol–water partition coefficient (Wildman–Crippen LogP) is 3.42. The number of hydrogen-bond acceptors (Lipinski definition) is 3. The second-order valence-corrected chi connectivity index (χ2v) is 4.69. The molecule has 0 atom stereocenters. The number of benzene rings is 1. The standard InChI is InChI=1S/C15H15FN4O.2ClH/c1-11-17-5-6-19(11)8-12-9-20(10-18-12)13-3-4-15(21-2)14(16)7-13;;/h3-7,9-10H,8H2,1-2H3;2*1H. The number of ether oxygens (including phenoxy) is 1. The van der Waals surface area contributed by atoms with Gasteiger partial charge in [-0.2, -0.15) is 0 Å². The third-order valence-electron chi connectivity index (χ3n) is 3.33. The van der Waals surface area contributed by atoms with Crippen molar-refractivity contribution in [3.63, 3.8) is 0 Å². The molecule has 5 nitrogen and oxygen atoms in total. The summed E-state index contributed by atoms with van der Waals surface area (Å²) in [4.78, 5) is 8.51. The van der Waals surface area contributed by atoms with Crippen molar-refractivity contribution in [1.29, 1.82) is 0 Å². The SMILES string of the molecule is COc1ccc(-n2cnc(Cn3ccnc3C)c2)cc1F.Cl.Cl. The molecule has 23 heavy (non-hydrogen) atoms. The second-order valence-electron chi connectivity index (χ2n) is 4.69. The fourth-order valence-electron chi connectivity index (χ4n) is 2.15. The van der Waals surface area contributed by atoms with Crippen molar-refractivity contribution in [3.8, 4) is 11.4 Å². The molecule has 0 saturated heterocycles. The molecule has 0 bridgehead atoms.